The summed E-state index contributed by atoms with van der Waals surface area (Å²) in [6.45, 7) is 6.42. The van der Waals surface area contributed by atoms with Gasteiger partial charge >= 0.3 is 5.97 Å². The second-order valence-electron chi connectivity index (χ2n) is 4.30. The number of esters is 1. The molecule has 0 aromatic heterocycles. The van der Waals surface area contributed by atoms with Crippen molar-refractivity contribution < 1.29 is 9.53 Å². The van der Waals surface area contributed by atoms with Crippen molar-refractivity contribution in [1.82, 2.24) is 0 Å². The lowest BCUT2D eigenvalue weighted by Gasteiger charge is -2.18. The van der Waals surface area contributed by atoms with Crippen molar-refractivity contribution in [2.45, 2.75) is 33.2 Å². The van der Waals surface area contributed by atoms with Gasteiger partial charge in [0.15, 0.2) is 0 Å². The summed E-state index contributed by atoms with van der Waals surface area (Å²) in [5.74, 6) is 1.86. The molecule has 0 aliphatic carbocycles. The quantitative estimate of drug-likeness (QED) is 0.585. The van der Waals surface area contributed by atoms with Crippen LogP contribution < -0.4 is 5.32 Å². The zero-order valence-electron chi connectivity index (χ0n) is 11.9. The van der Waals surface area contributed by atoms with Crippen molar-refractivity contribution in [2.24, 2.45) is 0 Å². The normalized spacial score (nSPS) is 11.9. The molecule has 0 aliphatic rings. The van der Waals surface area contributed by atoms with Gasteiger partial charge in [-0.05, 0) is 49.5 Å². The summed E-state index contributed by atoms with van der Waals surface area (Å²) in [6.07, 6.45) is 0.783. The van der Waals surface area contributed by atoms with Crippen LogP contribution in [0.2, 0.25) is 0 Å². The lowest BCUT2D eigenvalue weighted by molar-refractivity contribution is -0.144. The summed E-state index contributed by atoms with van der Waals surface area (Å²) in [5, 5.41) is 3.28. The Balaban J connectivity index is 2.64. The maximum absolute atomic E-state index is 11.9. The highest BCUT2D eigenvalue weighted by atomic mass is 32.2. The van der Waals surface area contributed by atoms with Gasteiger partial charge in [0.2, 0.25) is 0 Å². The molecule has 0 bridgehead atoms. The third-order valence-corrected chi connectivity index (χ3v) is 3.62. The minimum Gasteiger partial charge on any atom is -0.464 e. The molecule has 106 valence electrons. The Morgan fingerprint density at radius 1 is 1.42 bits per heavy atom. The van der Waals surface area contributed by atoms with Crippen molar-refractivity contribution in [3.05, 3.63) is 29.8 Å². The summed E-state index contributed by atoms with van der Waals surface area (Å²) in [4.78, 5) is 11.9. The molecule has 0 spiro atoms. The minimum atomic E-state index is -0.263. The maximum Gasteiger partial charge on any atom is 0.328 e. The summed E-state index contributed by atoms with van der Waals surface area (Å²) < 4.78 is 5.13. The average Bonchev–Trinajstić information content (AvgIpc) is 2.38. The molecule has 1 aromatic carbocycles. The van der Waals surface area contributed by atoms with E-state index in [0.29, 0.717) is 6.61 Å². The lowest BCUT2D eigenvalue weighted by atomic mass is 10.2. The van der Waals surface area contributed by atoms with E-state index in [1.807, 2.05) is 49.9 Å². The van der Waals surface area contributed by atoms with E-state index in [4.69, 9.17) is 4.74 Å². The van der Waals surface area contributed by atoms with Crippen LogP contribution in [0.15, 0.2) is 24.3 Å². The molecule has 0 radical (unpaired) electrons. The molecule has 0 saturated carbocycles. The van der Waals surface area contributed by atoms with Gasteiger partial charge in [0.25, 0.3) is 0 Å². The van der Waals surface area contributed by atoms with Gasteiger partial charge in [-0.1, -0.05) is 19.1 Å². The Morgan fingerprint density at radius 3 is 2.84 bits per heavy atom. The Kier molecular flexibility index (Phi) is 7.41. The zero-order valence-corrected chi connectivity index (χ0v) is 12.8. The molecule has 4 heteroatoms. The van der Waals surface area contributed by atoms with Gasteiger partial charge < -0.3 is 10.1 Å². The predicted molar refractivity (Wildman–Crippen MR) is 82.8 cm³/mol. The van der Waals surface area contributed by atoms with E-state index in [1.165, 1.54) is 5.56 Å². The summed E-state index contributed by atoms with van der Waals surface area (Å²) in [7, 11) is 0. The number of nitrogens with one attached hydrogen (secondary N) is 1. The Hall–Kier alpha value is -1.16. The molecule has 0 saturated heterocycles. The number of hydrogen-bond acceptors (Lipinski definition) is 4. The fourth-order valence-electron chi connectivity index (χ4n) is 1.77. The highest BCUT2D eigenvalue weighted by Crippen LogP contribution is 2.14. The van der Waals surface area contributed by atoms with Gasteiger partial charge in [0.05, 0.1) is 6.61 Å². The van der Waals surface area contributed by atoms with E-state index in [9.17, 15) is 4.79 Å². The molecule has 0 fully saturated rings. The van der Waals surface area contributed by atoms with Gasteiger partial charge in [-0.2, -0.15) is 11.8 Å². The molecule has 3 nitrogen and oxygen atoms in total. The van der Waals surface area contributed by atoms with Crippen molar-refractivity contribution in [1.29, 1.82) is 0 Å². The van der Waals surface area contributed by atoms with Crippen LogP contribution in [0, 0.1) is 6.92 Å². The van der Waals surface area contributed by atoms with E-state index in [0.717, 1.165) is 23.6 Å². The SMILES string of the molecule is CCOC(=O)C(CCSCC)Nc1cccc(C)c1. The van der Waals surface area contributed by atoms with E-state index in [-0.39, 0.29) is 12.0 Å². The zero-order chi connectivity index (χ0) is 14.1. The first kappa shape index (κ1) is 15.9. The molecule has 1 aromatic rings. The van der Waals surface area contributed by atoms with Crippen molar-refractivity contribution in [3.8, 4) is 0 Å². The number of benzene rings is 1. The first-order chi connectivity index (χ1) is 9.17. The minimum absolute atomic E-state index is 0.166. The van der Waals surface area contributed by atoms with Gasteiger partial charge in [-0.3, -0.25) is 0 Å². The third kappa shape index (κ3) is 6.01. The first-order valence-corrected chi connectivity index (χ1v) is 7.90. The largest absolute Gasteiger partial charge is 0.464 e. The monoisotopic (exact) mass is 281 g/mol. The number of ether oxygens (including phenoxy) is 1. The number of carbonyl (C=O) groups is 1. The molecule has 1 rings (SSSR count). The smallest absolute Gasteiger partial charge is 0.328 e. The Bertz CT molecular complexity index is 395. The highest BCUT2D eigenvalue weighted by Gasteiger charge is 2.19. The molecular formula is C15H23NO2S. The van der Waals surface area contributed by atoms with Crippen LogP contribution in [0.1, 0.15) is 25.8 Å². The van der Waals surface area contributed by atoms with Gasteiger partial charge in [0, 0.05) is 5.69 Å². The first-order valence-electron chi connectivity index (χ1n) is 6.75. The average molecular weight is 281 g/mol. The summed E-state index contributed by atoms with van der Waals surface area (Å²) >= 11 is 1.84. The predicted octanol–water partition coefficient (Wildman–Crippen LogP) is 3.48. The molecule has 0 aliphatic heterocycles. The second kappa shape index (κ2) is 8.86. The molecule has 0 heterocycles. The third-order valence-electron chi connectivity index (χ3n) is 2.69. The van der Waals surface area contributed by atoms with E-state index < -0.39 is 0 Å². The van der Waals surface area contributed by atoms with Crippen LogP contribution >= 0.6 is 11.8 Å². The Morgan fingerprint density at radius 2 is 2.21 bits per heavy atom. The van der Waals surface area contributed by atoms with E-state index in [2.05, 4.69) is 12.2 Å². The molecule has 1 atom stereocenters. The summed E-state index contributed by atoms with van der Waals surface area (Å²) in [6, 6.07) is 7.78. The molecule has 19 heavy (non-hydrogen) atoms. The number of thioether (sulfide) groups is 1. The fourth-order valence-corrected chi connectivity index (χ4v) is 2.46. The van der Waals surface area contributed by atoms with Crippen LogP contribution in [0.3, 0.4) is 0 Å². The fraction of sp³-hybridized carbons (Fsp3) is 0.533. The number of hydrogen-bond donors (Lipinski definition) is 1. The van der Waals surface area contributed by atoms with Crippen LogP contribution in [0.4, 0.5) is 5.69 Å². The van der Waals surface area contributed by atoms with Gasteiger partial charge in [-0.15, -0.1) is 0 Å². The molecule has 1 N–H and O–H groups in total. The van der Waals surface area contributed by atoms with Crippen LogP contribution in [0.25, 0.3) is 0 Å². The Labute approximate surface area is 120 Å². The number of anilines is 1. The standard InChI is InChI=1S/C15H23NO2S/c1-4-18-15(17)14(9-10-19-5-2)16-13-8-6-7-12(3)11-13/h6-8,11,14,16H,4-5,9-10H2,1-3H3. The number of carbonyl (C=O) groups excluding carboxylic acids is 1. The maximum atomic E-state index is 11.9. The number of rotatable bonds is 8. The summed E-state index contributed by atoms with van der Waals surface area (Å²) in [5.41, 5.74) is 2.15. The van der Waals surface area contributed by atoms with E-state index in [1.54, 1.807) is 0 Å². The lowest BCUT2D eigenvalue weighted by Crippen LogP contribution is -2.32. The molecule has 0 amide bonds. The van der Waals surface area contributed by atoms with Crippen molar-refractivity contribution in [2.75, 3.05) is 23.4 Å². The van der Waals surface area contributed by atoms with Crippen LogP contribution in [-0.4, -0.2) is 30.1 Å². The number of aryl methyl sites for hydroxylation is 1. The highest BCUT2D eigenvalue weighted by molar-refractivity contribution is 7.99. The van der Waals surface area contributed by atoms with Crippen molar-refractivity contribution >= 4 is 23.4 Å². The van der Waals surface area contributed by atoms with Crippen LogP contribution in [0.5, 0.6) is 0 Å². The topological polar surface area (TPSA) is 38.3 Å². The second-order valence-corrected chi connectivity index (χ2v) is 5.70. The molecular weight excluding hydrogens is 258 g/mol. The molecule has 1 unspecified atom stereocenters. The van der Waals surface area contributed by atoms with Gasteiger partial charge in [-0.25, -0.2) is 4.79 Å². The van der Waals surface area contributed by atoms with Gasteiger partial charge in [0.1, 0.15) is 6.04 Å². The van der Waals surface area contributed by atoms with E-state index >= 15 is 0 Å². The van der Waals surface area contributed by atoms with Crippen molar-refractivity contribution in [3.63, 3.8) is 0 Å². The van der Waals surface area contributed by atoms with Crippen LogP contribution in [-0.2, 0) is 9.53 Å².